The fourth-order valence-electron chi connectivity index (χ4n) is 3.34. The van der Waals surface area contributed by atoms with Crippen molar-refractivity contribution in [1.82, 2.24) is 4.98 Å². The summed E-state index contributed by atoms with van der Waals surface area (Å²) in [6.07, 6.45) is 0. The minimum Gasteiger partial charge on any atom is -0.493 e. The second kappa shape index (κ2) is 11.2. The molecule has 0 aliphatic carbocycles. The van der Waals surface area contributed by atoms with E-state index in [4.69, 9.17) is 14.2 Å². The molecule has 1 amide bonds. The summed E-state index contributed by atoms with van der Waals surface area (Å²) >= 11 is 1.07. The highest BCUT2D eigenvalue weighted by molar-refractivity contribution is 7.99. The SMILES string of the molecule is COC(=O)CSc1nc(C)c(C(=O)Nc2ccccc2)c(-c2ccc(OC)c(OC)c2)c1C#N. The number of carbonyl (C=O) groups is 2. The summed E-state index contributed by atoms with van der Waals surface area (Å²) in [6.45, 7) is 1.69. The van der Waals surface area contributed by atoms with E-state index in [-0.39, 0.29) is 16.9 Å². The maximum absolute atomic E-state index is 13.4. The third-order valence-electron chi connectivity index (χ3n) is 4.94. The number of nitriles is 1. The lowest BCUT2D eigenvalue weighted by Gasteiger charge is -2.18. The smallest absolute Gasteiger partial charge is 0.316 e. The number of anilines is 1. The van der Waals surface area contributed by atoms with Gasteiger partial charge in [-0.25, -0.2) is 4.98 Å². The molecule has 0 aliphatic heterocycles. The molecule has 0 saturated heterocycles. The summed E-state index contributed by atoms with van der Waals surface area (Å²) in [7, 11) is 4.32. The van der Waals surface area contributed by atoms with Gasteiger partial charge in [-0.1, -0.05) is 36.0 Å². The molecule has 1 N–H and O–H groups in total. The number of nitrogens with one attached hydrogen (secondary N) is 1. The Kier molecular flexibility index (Phi) is 8.11. The van der Waals surface area contributed by atoms with Gasteiger partial charge in [0.05, 0.1) is 43.9 Å². The number of carbonyl (C=O) groups excluding carboxylic acids is 2. The number of hydrogen-bond donors (Lipinski definition) is 1. The average molecular weight is 478 g/mol. The number of methoxy groups -OCH3 is 3. The highest BCUT2D eigenvalue weighted by atomic mass is 32.2. The van der Waals surface area contributed by atoms with E-state index in [1.807, 2.05) is 18.2 Å². The van der Waals surface area contributed by atoms with Gasteiger partial charge in [-0.3, -0.25) is 9.59 Å². The Morgan fingerprint density at radius 1 is 1.06 bits per heavy atom. The molecule has 34 heavy (non-hydrogen) atoms. The number of benzene rings is 2. The van der Waals surface area contributed by atoms with Crippen molar-refractivity contribution in [2.45, 2.75) is 11.9 Å². The summed E-state index contributed by atoms with van der Waals surface area (Å²) in [5, 5.41) is 13.3. The van der Waals surface area contributed by atoms with Crippen LogP contribution >= 0.6 is 11.8 Å². The van der Waals surface area contributed by atoms with Gasteiger partial charge in [0.1, 0.15) is 11.1 Å². The van der Waals surface area contributed by atoms with Gasteiger partial charge in [-0.2, -0.15) is 5.26 Å². The molecule has 8 nitrogen and oxygen atoms in total. The first-order valence-electron chi connectivity index (χ1n) is 10.2. The van der Waals surface area contributed by atoms with Crippen molar-refractivity contribution in [2.75, 3.05) is 32.4 Å². The quantitative estimate of drug-likeness (QED) is 0.374. The third kappa shape index (κ3) is 5.30. The van der Waals surface area contributed by atoms with E-state index in [1.165, 1.54) is 21.3 Å². The van der Waals surface area contributed by atoms with Gasteiger partial charge < -0.3 is 19.5 Å². The van der Waals surface area contributed by atoms with Crippen LogP contribution in [0.5, 0.6) is 11.5 Å². The lowest BCUT2D eigenvalue weighted by atomic mass is 9.94. The van der Waals surface area contributed by atoms with E-state index >= 15 is 0 Å². The molecule has 0 bridgehead atoms. The Morgan fingerprint density at radius 3 is 2.38 bits per heavy atom. The average Bonchev–Trinajstić information content (AvgIpc) is 2.86. The largest absolute Gasteiger partial charge is 0.493 e. The number of nitrogens with zero attached hydrogens (tertiary/aromatic N) is 2. The number of ether oxygens (including phenoxy) is 3. The van der Waals surface area contributed by atoms with E-state index < -0.39 is 11.9 Å². The number of pyridine rings is 1. The summed E-state index contributed by atoms with van der Waals surface area (Å²) in [6, 6.07) is 16.3. The van der Waals surface area contributed by atoms with Crippen LogP contribution in [0.2, 0.25) is 0 Å². The van der Waals surface area contributed by atoms with Crippen LogP contribution in [0.15, 0.2) is 53.6 Å². The summed E-state index contributed by atoms with van der Waals surface area (Å²) in [5.41, 5.74) is 2.38. The lowest BCUT2D eigenvalue weighted by Crippen LogP contribution is -2.17. The number of hydrogen-bond acceptors (Lipinski definition) is 8. The van der Waals surface area contributed by atoms with Crippen molar-refractivity contribution in [2.24, 2.45) is 0 Å². The molecule has 3 rings (SSSR count). The van der Waals surface area contributed by atoms with Crippen molar-refractivity contribution in [3.05, 3.63) is 65.4 Å². The Labute approximate surface area is 201 Å². The van der Waals surface area contributed by atoms with Crippen LogP contribution < -0.4 is 14.8 Å². The number of para-hydroxylation sites is 1. The van der Waals surface area contributed by atoms with E-state index in [0.717, 1.165) is 11.8 Å². The molecular weight excluding hydrogens is 454 g/mol. The topological polar surface area (TPSA) is 111 Å². The number of thioether (sulfide) groups is 1. The van der Waals surface area contributed by atoms with Crippen LogP contribution in [-0.2, 0) is 9.53 Å². The van der Waals surface area contributed by atoms with Gasteiger partial charge in [0, 0.05) is 11.3 Å². The van der Waals surface area contributed by atoms with Gasteiger partial charge in [-0.05, 0) is 36.8 Å². The van der Waals surface area contributed by atoms with Crippen molar-refractivity contribution < 1.29 is 23.8 Å². The molecule has 0 saturated carbocycles. The molecule has 3 aromatic rings. The minimum atomic E-state index is -0.452. The zero-order valence-electron chi connectivity index (χ0n) is 19.2. The fourth-order valence-corrected chi connectivity index (χ4v) is 4.21. The van der Waals surface area contributed by atoms with Crippen molar-refractivity contribution in [3.8, 4) is 28.7 Å². The summed E-state index contributed by atoms with van der Waals surface area (Å²) < 4.78 is 15.5. The fraction of sp³-hybridized carbons (Fsp3) is 0.200. The zero-order chi connectivity index (χ0) is 24.7. The molecule has 0 unspecified atom stereocenters. The molecule has 9 heteroatoms. The monoisotopic (exact) mass is 477 g/mol. The Hall–Kier alpha value is -4.03. The lowest BCUT2D eigenvalue weighted by molar-refractivity contribution is -0.137. The van der Waals surface area contributed by atoms with E-state index in [2.05, 4.69) is 16.4 Å². The Balaban J connectivity index is 2.23. The number of esters is 1. The predicted molar refractivity (Wildman–Crippen MR) is 129 cm³/mol. The first-order valence-corrected chi connectivity index (χ1v) is 11.1. The number of aryl methyl sites for hydroxylation is 1. The Morgan fingerprint density at radius 2 is 1.76 bits per heavy atom. The maximum atomic E-state index is 13.4. The van der Waals surface area contributed by atoms with Gasteiger partial charge >= 0.3 is 5.97 Å². The molecule has 0 fully saturated rings. The van der Waals surface area contributed by atoms with Gasteiger partial charge in [0.25, 0.3) is 5.91 Å². The van der Waals surface area contributed by atoms with Crippen LogP contribution in [0.4, 0.5) is 5.69 Å². The van der Waals surface area contributed by atoms with E-state index in [0.29, 0.717) is 39.0 Å². The molecule has 0 radical (unpaired) electrons. The first kappa shape index (κ1) is 24.6. The second-order valence-corrected chi connectivity index (χ2v) is 7.96. The number of amides is 1. The first-order chi connectivity index (χ1) is 16.4. The standard InChI is InChI=1S/C25H23N3O5S/c1-15-22(24(30)28-17-8-6-5-7-9-17)23(16-10-11-19(31-2)20(12-16)32-3)18(13-26)25(27-15)34-14-21(29)33-4/h5-12H,14H2,1-4H3,(H,28,30). The molecule has 0 aliphatic rings. The van der Waals surface area contributed by atoms with Crippen molar-refractivity contribution >= 4 is 29.3 Å². The van der Waals surface area contributed by atoms with Gasteiger partial charge in [0.15, 0.2) is 11.5 Å². The van der Waals surface area contributed by atoms with E-state index in [1.54, 1.807) is 37.3 Å². The molecule has 0 spiro atoms. The second-order valence-electron chi connectivity index (χ2n) is 6.99. The van der Waals surface area contributed by atoms with Crippen LogP contribution in [0.25, 0.3) is 11.1 Å². The third-order valence-corrected chi connectivity index (χ3v) is 5.89. The van der Waals surface area contributed by atoms with Crippen LogP contribution in [0, 0.1) is 18.3 Å². The molecular formula is C25H23N3O5S. The highest BCUT2D eigenvalue weighted by Crippen LogP contribution is 2.39. The molecule has 174 valence electrons. The normalized spacial score (nSPS) is 10.2. The maximum Gasteiger partial charge on any atom is 0.316 e. The van der Waals surface area contributed by atoms with Crippen LogP contribution in [0.1, 0.15) is 21.6 Å². The van der Waals surface area contributed by atoms with Crippen LogP contribution in [-0.4, -0.2) is 43.9 Å². The van der Waals surface area contributed by atoms with E-state index in [9.17, 15) is 14.9 Å². The Bertz CT molecular complexity index is 1260. The van der Waals surface area contributed by atoms with Crippen molar-refractivity contribution in [1.29, 1.82) is 5.26 Å². The molecule has 0 atom stereocenters. The highest BCUT2D eigenvalue weighted by Gasteiger charge is 2.25. The van der Waals surface area contributed by atoms with Crippen molar-refractivity contribution in [3.63, 3.8) is 0 Å². The summed E-state index contributed by atoms with van der Waals surface area (Å²) in [4.78, 5) is 29.6. The molecule has 1 aromatic heterocycles. The summed E-state index contributed by atoms with van der Waals surface area (Å²) in [5.74, 6) is 0.0509. The molecule has 2 aromatic carbocycles. The molecule has 1 heterocycles. The number of aromatic nitrogens is 1. The van der Waals surface area contributed by atoms with Crippen LogP contribution in [0.3, 0.4) is 0 Å². The number of rotatable bonds is 8. The predicted octanol–water partition coefficient (Wildman–Crippen LogP) is 4.46. The van der Waals surface area contributed by atoms with Gasteiger partial charge in [0.2, 0.25) is 0 Å². The zero-order valence-corrected chi connectivity index (χ0v) is 20.0. The van der Waals surface area contributed by atoms with Gasteiger partial charge in [-0.15, -0.1) is 0 Å². The minimum absolute atomic E-state index is 0.0292.